The fourth-order valence-electron chi connectivity index (χ4n) is 2.58. The fraction of sp³-hybridized carbons (Fsp3) is 0.357. The van der Waals surface area contributed by atoms with Gasteiger partial charge in [-0.1, -0.05) is 18.2 Å². The predicted molar refractivity (Wildman–Crippen MR) is 75.7 cm³/mol. The van der Waals surface area contributed by atoms with E-state index in [0.717, 1.165) is 17.0 Å². The summed E-state index contributed by atoms with van der Waals surface area (Å²) >= 11 is 0. The molecule has 0 unspecified atom stereocenters. The number of fused-ring (bicyclic) bond motifs is 1. The molecule has 3 rings (SSSR count). The smallest absolute Gasteiger partial charge is 0.243 e. The first-order valence-corrected chi connectivity index (χ1v) is 7.99. The third-order valence-electron chi connectivity index (χ3n) is 3.78. The number of hydrogen-bond donors (Lipinski definition) is 0. The Labute approximate surface area is 118 Å². The SMILES string of the molecule is Cc1ccccc1S(=O)(=O)N1CCc2ncn(C)c2C1. The van der Waals surface area contributed by atoms with Crippen molar-refractivity contribution in [1.82, 2.24) is 13.9 Å². The van der Waals surface area contributed by atoms with Gasteiger partial charge in [-0.3, -0.25) is 0 Å². The van der Waals surface area contributed by atoms with Crippen LogP contribution in [0.15, 0.2) is 35.5 Å². The van der Waals surface area contributed by atoms with Crippen molar-refractivity contribution < 1.29 is 8.42 Å². The minimum Gasteiger partial charge on any atom is -0.336 e. The summed E-state index contributed by atoms with van der Waals surface area (Å²) in [7, 11) is -1.54. The van der Waals surface area contributed by atoms with Gasteiger partial charge in [-0.2, -0.15) is 4.31 Å². The Morgan fingerprint density at radius 1 is 1.25 bits per heavy atom. The molecule has 0 bridgehead atoms. The van der Waals surface area contributed by atoms with Crippen LogP contribution in [0.2, 0.25) is 0 Å². The Bertz CT molecular complexity index is 750. The van der Waals surface area contributed by atoms with Gasteiger partial charge in [0.25, 0.3) is 0 Å². The average Bonchev–Trinajstić information content (AvgIpc) is 2.80. The van der Waals surface area contributed by atoms with E-state index in [0.29, 0.717) is 24.4 Å². The number of aryl methyl sites for hydroxylation is 2. The van der Waals surface area contributed by atoms with Crippen molar-refractivity contribution in [3.05, 3.63) is 47.5 Å². The summed E-state index contributed by atoms with van der Waals surface area (Å²) in [6.45, 7) is 2.70. The van der Waals surface area contributed by atoms with Gasteiger partial charge in [-0.05, 0) is 18.6 Å². The number of rotatable bonds is 2. The van der Waals surface area contributed by atoms with Crippen molar-refractivity contribution in [2.24, 2.45) is 7.05 Å². The molecule has 0 saturated carbocycles. The van der Waals surface area contributed by atoms with Crippen molar-refractivity contribution in [3.8, 4) is 0 Å². The molecule has 1 aromatic carbocycles. The molecule has 0 radical (unpaired) electrons. The molecule has 1 aliphatic rings. The highest BCUT2D eigenvalue weighted by molar-refractivity contribution is 7.89. The lowest BCUT2D eigenvalue weighted by atomic mass is 10.2. The van der Waals surface area contributed by atoms with E-state index in [-0.39, 0.29) is 0 Å². The quantitative estimate of drug-likeness (QED) is 0.842. The molecular weight excluding hydrogens is 274 g/mol. The molecule has 1 aromatic heterocycles. The maximum Gasteiger partial charge on any atom is 0.243 e. The predicted octanol–water partition coefficient (Wildman–Crippen LogP) is 1.48. The van der Waals surface area contributed by atoms with Gasteiger partial charge in [-0.25, -0.2) is 13.4 Å². The van der Waals surface area contributed by atoms with Crippen molar-refractivity contribution >= 4 is 10.0 Å². The van der Waals surface area contributed by atoms with Gasteiger partial charge in [0.05, 0.1) is 29.2 Å². The zero-order valence-electron chi connectivity index (χ0n) is 11.6. The zero-order valence-corrected chi connectivity index (χ0v) is 12.4. The van der Waals surface area contributed by atoms with E-state index in [1.165, 1.54) is 0 Å². The van der Waals surface area contributed by atoms with E-state index in [9.17, 15) is 8.42 Å². The van der Waals surface area contributed by atoms with Crippen LogP contribution in [-0.2, 0) is 30.0 Å². The molecule has 20 heavy (non-hydrogen) atoms. The van der Waals surface area contributed by atoms with Gasteiger partial charge in [0.1, 0.15) is 0 Å². The second-order valence-corrected chi connectivity index (χ2v) is 7.01. The van der Waals surface area contributed by atoms with E-state index in [1.54, 1.807) is 22.8 Å². The molecule has 1 aliphatic heterocycles. The summed E-state index contributed by atoms with van der Waals surface area (Å²) in [5, 5.41) is 0. The van der Waals surface area contributed by atoms with E-state index in [1.807, 2.05) is 30.7 Å². The monoisotopic (exact) mass is 291 g/mol. The highest BCUT2D eigenvalue weighted by atomic mass is 32.2. The van der Waals surface area contributed by atoms with Crippen LogP contribution in [0.4, 0.5) is 0 Å². The molecule has 0 spiro atoms. The topological polar surface area (TPSA) is 55.2 Å². The lowest BCUT2D eigenvalue weighted by Gasteiger charge is -2.27. The third kappa shape index (κ3) is 2.05. The van der Waals surface area contributed by atoms with Crippen molar-refractivity contribution in [2.75, 3.05) is 6.54 Å². The molecule has 6 heteroatoms. The van der Waals surface area contributed by atoms with Crippen LogP contribution in [0.25, 0.3) is 0 Å². The third-order valence-corrected chi connectivity index (χ3v) is 5.79. The molecular formula is C14H17N3O2S. The normalized spacial score (nSPS) is 16.1. The maximum absolute atomic E-state index is 12.7. The average molecular weight is 291 g/mol. The number of hydrogen-bond acceptors (Lipinski definition) is 3. The Balaban J connectivity index is 1.98. The van der Waals surface area contributed by atoms with Crippen molar-refractivity contribution in [2.45, 2.75) is 24.8 Å². The zero-order chi connectivity index (χ0) is 14.3. The standard InChI is InChI=1S/C14H17N3O2S/c1-11-5-3-4-6-14(11)20(18,19)17-8-7-12-13(9-17)16(2)10-15-12/h3-6,10H,7-9H2,1-2H3. The number of nitrogens with zero attached hydrogens (tertiary/aromatic N) is 3. The number of sulfonamides is 1. The molecule has 2 aromatic rings. The first kappa shape index (κ1) is 13.3. The molecule has 0 fully saturated rings. The number of aromatic nitrogens is 2. The number of imidazole rings is 1. The summed E-state index contributed by atoms with van der Waals surface area (Å²) in [5.41, 5.74) is 2.76. The summed E-state index contributed by atoms with van der Waals surface area (Å²) < 4.78 is 28.9. The minimum atomic E-state index is -3.44. The summed E-state index contributed by atoms with van der Waals surface area (Å²) in [6, 6.07) is 7.11. The van der Waals surface area contributed by atoms with Crippen LogP contribution in [0, 0.1) is 6.92 Å². The maximum atomic E-state index is 12.7. The second-order valence-electron chi connectivity index (χ2n) is 5.10. The molecule has 0 amide bonds. The molecule has 0 saturated heterocycles. The van der Waals surface area contributed by atoms with Gasteiger partial charge >= 0.3 is 0 Å². The molecule has 106 valence electrons. The van der Waals surface area contributed by atoms with Crippen LogP contribution in [0.3, 0.4) is 0 Å². The largest absolute Gasteiger partial charge is 0.336 e. The summed E-state index contributed by atoms with van der Waals surface area (Å²) in [6.07, 6.45) is 2.41. The highest BCUT2D eigenvalue weighted by Gasteiger charge is 2.30. The number of benzene rings is 1. The lowest BCUT2D eigenvalue weighted by molar-refractivity contribution is 0.380. The van der Waals surface area contributed by atoms with Gasteiger partial charge in [0.2, 0.25) is 10.0 Å². The first-order chi connectivity index (χ1) is 9.50. The van der Waals surface area contributed by atoms with Crippen molar-refractivity contribution in [1.29, 1.82) is 0 Å². The fourth-order valence-corrected chi connectivity index (χ4v) is 4.21. The van der Waals surface area contributed by atoms with E-state index in [2.05, 4.69) is 4.98 Å². The van der Waals surface area contributed by atoms with Crippen LogP contribution in [-0.4, -0.2) is 28.8 Å². The Kier molecular flexibility index (Phi) is 3.14. The van der Waals surface area contributed by atoms with Crippen LogP contribution < -0.4 is 0 Å². The van der Waals surface area contributed by atoms with Gasteiger partial charge in [-0.15, -0.1) is 0 Å². The van der Waals surface area contributed by atoms with Crippen LogP contribution in [0.5, 0.6) is 0 Å². The van der Waals surface area contributed by atoms with Gasteiger partial charge in [0, 0.05) is 20.0 Å². The second kappa shape index (κ2) is 4.71. The molecule has 0 N–H and O–H groups in total. The Morgan fingerprint density at radius 2 is 2.00 bits per heavy atom. The van der Waals surface area contributed by atoms with Gasteiger partial charge in [0.15, 0.2) is 0 Å². The van der Waals surface area contributed by atoms with E-state index < -0.39 is 10.0 Å². The first-order valence-electron chi connectivity index (χ1n) is 6.55. The van der Waals surface area contributed by atoms with Gasteiger partial charge < -0.3 is 4.57 Å². The molecule has 0 atom stereocenters. The molecule has 2 heterocycles. The van der Waals surface area contributed by atoms with Crippen LogP contribution >= 0.6 is 0 Å². The summed E-state index contributed by atoms with van der Waals surface area (Å²) in [4.78, 5) is 4.70. The summed E-state index contributed by atoms with van der Waals surface area (Å²) in [5.74, 6) is 0. The van der Waals surface area contributed by atoms with E-state index >= 15 is 0 Å². The highest BCUT2D eigenvalue weighted by Crippen LogP contribution is 2.25. The van der Waals surface area contributed by atoms with E-state index in [4.69, 9.17) is 0 Å². The van der Waals surface area contributed by atoms with Crippen LogP contribution in [0.1, 0.15) is 17.0 Å². The molecule has 0 aliphatic carbocycles. The Hall–Kier alpha value is -1.66. The lowest BCUT2D eigenvalue weighted by Crippen LogP contribution is -2.36. The Morgan fingerprint density at radius 3 is 2.75 bits per heavy atom. The van der Waals surface area contributed by atoms with Crippen molar-refractivity contribution in [3.63, 3.8) is 0 Å². The minimum absolute atomic E-state index is 0.391. The molecule has 5 nitrogen and oxygen atoms in total.